The van der Waals surface area contributed by atoms with Gasteiger partial charge in [0.1, 0.15) is 0 Å². The van der Waals surface area contributed by atoms with Gasteiger partial charge in [-0.25, -0.2) is 0 Å². The van der Waals surface area contributed by atoms with Gasteiger partial charge in [-0.05, 0) is 0 Å². The zero-order valence-electron chi connectivity index (χ0n) is 14.6. The molecule has 0 radical (unpaired) electrons. The Hall–Kier alpha value is 0.489. The van der Waals surface area contributed by atoms with Gasteiger partial charge in [0.25, 0.3) is 0 Å². The summed E-state index contributed by atoms with van der Waals surface area (Å²) < 4.78 is 9.74. The summed E-state index contributed by atoms with van der Waals surface area (Å²) in [4.78, 5) is 4.73. The first kappa shape index (κ1) is 19.5. The van der Waals surface area contributed by atoms with Gasteiger partial charge >= 0.3 is 145 Å². The molecule has 21 heavy (non-hydrogen) atoms. The minimum absolute atomic E-state index is 1.17. The summed E-state index contributed by atoms with van der Waals surface area (Å²) in [5.74, 6) is 1.17. The number of nitrogens with zero attached hydrogens (tertiary/aromatic N) is 2. The van der Waals surface area contributed by atoms with Gasteiger partial charge in [0.15, 0.2) is 0 Å². The fourth-order valence-electron chi connectivity index (χ4n) is 3.42. The van der Waals surface area contributed by atoms with Gasteiger partial charge in [0, 0.05) is 0 Å². The quantitative estimate of drug-likeness (QED) is 0.416. The molecule has 0 amide bonds. The van der Waals surface area contributed by atoms with E-state index in [-0.39, 0.29) is 0 Å². The Morgan fingerprint density at radius 3 is 1.67 bits per heavy atom. The fraction of sp³-hybridized carbons (Fsp3) is 0.824. The Kier molecular flexibility index (Phi) is 8.92. The topological polar surface area (TPSA) is 17.8 Å². The van der Waals surface area contributed by atoms with Crippen LogP contribution >= 0.6 is 15.9 Å². The van der Waals surface area contributed by atoms with Crippen molar-refractivity contribution in [2.45, 2.75) is 79.5 Å². The van der Waals surface area contributed by atoms with Crippen LogP contribution in [0.5, 0.6) is 0 Å². The molecular formula is C17H33BrN2Sn. The van der Waals surface area contributed by atoms with Crippen LogP contribution in [-0.4, -0.2) is 27.9 Å². The number of rotatable bonds is 10. The second kappa shape index (κ2) is 9.59. The maximum atomic E-state index is 4.73. The van der Waals surface area contributed by atoms with Crippen LogP contribution in [-0.2, 0) is 7.05 Å². The first-order chi connectivity index (χ1) is 10.0. The van der Waals surface area contributed by atoms with Gasteiger partial charge in [-0.2, -0.15) is 0 Å². The van der Waals surface area contributed by atoms with Crippen molar-refractivity contribution >= 4 is 38.0 Å². The summed E-state index contributed by atoms with van der Waals surface area (Å²) in [5.41, 5.74) is 0. The second-order valence-electron chi connectivity index (χ2n) is 6.45. The van der Waals surface area contributed by atoms with Gasteiger partial charge in [0.2, 0.25) is 0 Å². The van der Waals surface area contributed by atoms with Crippen LogP contribution in [0.3, 0.4) is 0 Å². The molecule has 1 aromatic heterocycles. The third-order valence-electron chi connectivity index (χ3n) is 4.81. The fourth-order valence-corrected chi connectivity index (χ4v) is 23.7. The molecule has 0 fully saturated rings. The van der Waals surface area contributed by atoms with Gasteiger partial charge in [-0.15, -0.1) is 0 Å². The molecule has 0 aromatic carbocycles. The van der Waals surface area contributed by atoms with Crippen molar-refractivity contribution in [2.24, 2.45) is 7.05 Å². The first-order valence-corrected chi connectivity index (χ1v) is 17.0. The third-order valence-corrected chi connectivity index (χ3v) is 22.1. The van der Waals surface area contributed by atoms with Crippen LogP contribution in [0.25, 0.3) is 0 Å². The van der Waals surface area contributed by atoms with Crippen LogP contribution in [0.1, 0.15) is 65.1 Å². The van der Waals surface area contributed by atoms with Crippen LogP contribution in [0, 0.1) is 6.92 Å². The Labute approximate surface area is 144 Å². The molecule has 0 aliphatic heterocycles. The van der Waals surface area contributed by atoms with E-state index in [4.69, 9.17) is 4.98 Å². The summed E-state index contributed by atoms with van der Waals surface area (Å²) in [6.45, 7) is 9.14. The molecule has 0 saturated carbocycles. The zero-order chi connectivity index (χ0) is 15.9. The average Bonchev–Trinajstić information content (AvgIpc) is 2.73. The van der Waals surface area contributed by atoms with Crippen molar-refractivity contribution in [1.82, 2.24) is 9.55 Å². The van der Waals surface area contributed by atoms with Crippen LogP contribution in [0.2, 0.25) is 13.3 Å². The van der Waals surface area contributed by atoms with Crippen molar-refractivity contribution in [3.05, 3.63) is 10.4 Å². The predicted molar refractivity (Wildman–Crippen MR) is 100 cm³/mol. The average molecular weight is 464 g/mol. The third kappa shape index (κ3) is 4.98. The van der Waals surface area contributed by atoms with E-state index in [1.165, 1.54) is 62.3 Å². The van der Waals surface area contributed by atoms with Crippen molar-refractivity contribution in [1.29, 1.82) is 0 Å². The van der Waals surface area contributed by atoms with E-state index >= 15 is 0 Å². The van der Waals surface area contributed by atoms with Crippen LogP contribution < -0.4 is 3.71 Å². The number of hydrogen-bond donors (Lipinski definition) is 0. The molecule has 1 aromatic rings. The Morgan fingerprint density at radius 1 is 0.952 bits per heavy atom. The second-order valence-corrected chi connectivity index (χ2v) is 20.1. The van der Waals surface area contributed by atoms with Crippen molar-refractivity contribution in [3.63, 3.8) is 0 Å². The minimum atomic E-state index is -2.35. The summed E-state index contributed by atoms with van der Waals surface area (Å²) in [5, 5.41) is 0. The normalized spacial score (nSPS) is 12.1. The molecule has 0 saturated heterocycles. The number of aryl methyl sites for hydroxylation is 1. The summed E-state index contributed by atoms with van der Waals surface area (Å²) in [6, 6.07) is 0. The molecule has 0 unspecified atom stereocenters. The molecule has 1 rings (SSSR count). The molecule has 0 N–H and O–H groups in total. The molecule has 0 atom stereocenters. The molecule has 1 heterocycles. The number of unbranched alkanes of at least 4 members (excludes halogenated alkanes) is 3. The predicted octanol–water partition coefficient (Wildman–Crippen LogP) is 5.55. The van der Waals surface area contributed by atoms with Gasteiger partial charge in [-0.3, -0.25) is 0 Å². The molecule has 2 nitrogen and oxygen atoms in total. The molecule has 0 aliphatic carbocycles. The van der Waals surface area contributed by atoms with E-state index in [2.05, 4.69) is 55.2 Å². The standard InChI is InChI=1S/C5H6BrN2.3C4H9.Sn/c1-4-7-5(6)3-8(4)2;3*1-3-4-2;/h1-2H3;3*1,3-4H2,2H3;. The van der Waals surface area contributed by atoms with E-state index in [0.29, 0.717) is 0 Å². The Bertz CT molecular complexity index is 407. The van der Waals surface area contributed by atoms with E-state index < -0.39 is 18.4 Å². The van der Waals surface area contributed by atoms with Crippen LogP contribution in [0.4, 0.5) is 0 Å². The van der Waals surface area contributed by atoms with E-state index in [1.807, 2.05) is 0 Å². The molecule has 122 valence electrons. The monoisotopic (exact) mass is 464 g/mol. The molecule has 0 bridgehead atoms. The molecule has 4 heteroatoms. The number of imidazole rings is 1. The Balaban J connectivity index is 3.22. The number of aromatic nitrogens is 2. The first-order valence-electron chi connectivity index (χ1n) is 8.71. The number of hydrogen-bond acceptors (Lipinski definition) is 1. The maximum absolute atomic E-state index is 4.73. The van der Waals surface area contributed by atoms with E-state index in [0.717, 1.165) is 0 Å². The van der Waals surface area contributed by atoms with Crippen molar-refractivity contribution in [2.75, 3.05) is 0 Å². The number of halogens is 1. The molecule has 0 spiro atoms. The van der Waals surface area contributed by atoms with Gasteiger partial charge < -0.3 is 0 Å². The Morgan fingerprint density at radius 2 is 1.38 bits per heavy atom. The van der Waals surface area contributed by atoms with Gasteiger partial charge in [0.05, 0.1) is 0 Å². The zero-order valence-corrected chi connectivity index (χ0v) is 19.1. The summed E-state index contributed by atoms with van der Waals surface area (Å²) in [7, 11) is 2.23. The van der Waals surface area contributed by atoms with Crippen molar-refractivity contribution in [3.8, 4) is 0 Å². The molecule has 0 aliphatic rings. The van der Waals surface area contributed by atoms with Crippen molar-refractivity contribution < 1.29 is 0 Å². The SMILES string of the molecule is CCC[CH2][Sn]([CH2]CCC)([CH2]CCC)[c]1c(Br)nc(C)n1C. The van der Waals surface area contributed by atoms with E-state index in [1.54, 1.807) is 3.71 Å². The van der Waals surface area contributed by atoms with E-state index in [9.17, 15) is 0 Å². The van der Waals surface area contributed by atoms with Crippen LogP contribution in [0.15, 0.2) is 4.60 Å². The van der Waals surface area contributed by atoms with Gasteiger partial charge in [-0.1, -0.05) is 0 Å². The summed E-state index contributed by atoms with van der Waals surface area (Å²) in [6.07, 6.45) is 8.18. The summed E-state index contributed by atoms with van der Waals surface area (Å²) >= 11 is 1.45. The molecular weight excluding hydrogens is 431 g/mol.